The zero-order valence-corrected chi connectivity index (χ0v) is 12.6. The molecule has 0 atom stereocenters. The van der Waals surface area contributed by atoms with Crippen LogP contribution in [0, 0.1) is 0 Å². The molecule has 1 N–H and O–H groups in total. The first-order valence-electron chi connectivity index (χ1n) is 6.60. The topological polar surface area (TPSA) is 24.9 Å². The zero-order valence-electron chi connectivity index (χ0n) is 11.0. The summed E-state index contributed by atoms with van der Waals surface area (Å²) >= 11 is 7.64. The van der Waals surface area contributed by atoms with Crippen LogP contribution in [0.1, 0.15) is 0 Å². The minimum atomic E-state index is 0.713. The van der Waals surface area contributed by atoms with E-state index >= 15 is 0 Å². The summed E-state index contributed by atoms with van der Waals surface area (Å²) in [4.78, 5) is 4.60. The number of nitrogens with one attached hydrogen (secondary N) is 1. The van der Waals surface area contributed by atoms with Crippen LogP contribution >= 0.6 is 22.9 Å². The molecule has 4 aromatic rings. The van der Waals surface area contributed by atoms with E-state index in [-0.39, 0.29) is 0 Å². The average Bonchev–Trinajstić information content (AvgIpc) is 2.89. The van der Waals surface area contributed by atoms with Gasteiger partial charge in [-0.05, 0) is 29.7 Å². The van der Waals surface area contributed by atoms with E-state index in [1.807, 2.05) is 30.3 Å². The highest BCUT2D eigenvalue weighted by atomic mass is 35.5. The Morgan fingerprint density at radius 3 is 2.76 bits per heavy atom. The fourth-order valence-corrected chi connectivity index (χ4v) is 3.43. The lowest BCUT2D eigenvalue weighted by Crippen LogP contribution is -1.90. The highest BCUT2D eigenvalue weighted by Gasteiger charge is 2.06. The van der Waals surface area contributed by atoms with Crippen molar-refractivity contribution in [2.45, 2.75) is 0 Å². The molecule has 1 heterocycles. The van der Waals surface area contributed by atoms with Gasteiger partial charge in [-0.1, -0.05) is 59.3 Å². The maximum absolute atomic E-state index is 6.01. The number of thiazole rings is 1. The van der Waals surface area contributed by atoms with Crippen molar-refractivity contribution >= 4 is 54.7 Å². The molecule has 0 spiro atoms. The Hall–Kier alpha value is -2.10. The largest absolute Gasteiger partial charge is 0.331 e. The number of nitrogens with zero attached hydrogens (tertiary/aromatic N) is 1. The van der Waals surface area contributed by atoms with Gasteiger partial charge in [0.1, 0.15) is 0 Å². The minimum Gasteiger partial charge on any atom is -0.331 e. The van der Waals surface area contributed by atoms with Crippen molar-refractivity contribution in [2.75, 3.05) is 5.32 Å². The molecule has 4 rings (SSSR count). The van der Waals surface area contributed by atoms with Gasteiger partial charge in [0, 0.05) is 16.1 Å². The van der Waals surface area contributed by atoms with Gasteiger partial charge in [-0.15, -0.1) is 0 Å². The van der Waals surface area contributed by atoms with Crippen molar-refractivity contribution in [1.29, 1.82) is 0 Å². The summed E-state index contributed by atoms with van der Waals surface area (Å²) in [6, 6.07) is 20.3. The normalized spacial score (nSPS) is 11.1. The van der Waals surface area contributed by atoms with Crippen molar-refractivity contribution in [1.82, 2.24) is 4.98 Å². The standard InChI is InChI=1S/C17H11ClN2S/c18-12-8-9-16-15(10-12)20-17(21-16)19-14-7-3-5-11-4-1-2-6-13(11)14/h1-10H,(H,19,20). The molecule has 0 aliphatic heterocycles. The van der Waals surface area contributed by atoms with E-state index in [1.165, 1.54) is 10.8 Å². The number of aromatic nitrogens is 1. The Morgan fingerprint density at radius 1 is 0.952 bits per heavy atom. The molecule has 0 aliphatic rings. The lowest BCUT2D eigenvalue weighted by molar-refractivity contribution is 1.45. The number of benzene rings is 3. The fraction of sp³-hybridized carbons (Fsp3) is 0. The van der Waals surface area contributed by atoms with E-state index in [0.717, 1.165) is 21.0 Å². The molecule has 1 aromatic heterocycles. The third-order valence-corrected chi connectivity index (χ3v) is 4.57. The molecule has 0 aliphatic carbocycles. The predicted octanol–water partition coefficient (Wildman–Crippen LogP) is 5.85. The summed E-state index contributed by atoms with van der Waals surface area (Å²) in [5.41, 5.74) is 1.99. The monoisotopic (exact) mass is 310 g/mol. The molecule has 21 heavy (non-hydrogen) atoms. The maximum Gasteiger partial charge on any atom is 0.188 e. The van der Waals surface area contributed by atoms with Gasteiger partial charge < -0.3 is 5.32 Å². The van der Waals surface area contributed by atoms with Crippen LogP contribution in [-0.2, 0) is 0 Å². The Kier molecular flexibility index (Phi) is 3.02. The van der Waals surface area contributed by atoms with Gasteiger partial charge in [0.05, 0.1) is 10.2 Å². The molecule has 0 saturated heterocycles. The van der Waals surface area contributed by atoms with Crippen LogP contribution in [0.25, 0.3) is 21.0 Å². The van der Waals surface area contributed by atoms with Gasteiger partial charge in [-0.2, -0.15) is 0 Å². The summed E-state index contributed by atoms with van der Waals surface area (Å²) in [6.07, 6.45) is 0. The fourth-order valence-electron chi connectivity index (χ4n) is 2.40. The maximum atomic E-state index is 6.01. The third kappa shape index (κ3) is 2.35. The lowest BCUT2D eigenvalue weighted by atomic mass is 10.1. The van der Waals surface area contributed by atoms with Gasteiger partial charge >= 0.3 is 0 Å². The molecule has 102 valence electrons. The molecule has 0 unspecified atom stereocenters. The van der Waals surface area contributed by atoms with Crippen LogP contribution in [0.2, 0.25) is 5.02 Å². The van der Waals surface area contributed by atoms with Crippen LogP contribution in [0.4, 0.5) is 10.8 Å². The summed E-state index contributed by atoms with van der Waals surface area (Å²) in [6.45, 7) is 0. The number of anilines is 2. The smallest absolute Gasteiger partial charge is 0.188 e. The van der Waals surface area contributed by atoms with Crippen molar-refractivity contribution in [3.8, 4) is 0 Å². The SMILES string of the molecule is Clc1ccc2sc(Nc3cccc4ccccc34)nc2c1. The van der Waals surface area contributed by atoms with E-state index < -0.39 is 0 Å². The Balaban J connectivity index is 1.79. The Labute approximate surface area is 131 Å². The number of halogens is 1. The second-order valence-corrected chi connectivity index (χ2v) is 6.25. The second-order valence-electron chi connectivity index (χ2n) is 4.78. The average molecular weight is 311 g/mol. The Morgan fingerprint density at radius 2 is 1.81 bits per heavy atom. The Bertz CT molecular complexity index is 940. The van der Waals surface area contributed by atoms with Crippen LogP contribution in [0.5, 0.6) is 0 Å². The molecule has 0 saturated carbocycles. The number of rotatable bonds is 2. The zero-order chi connectivity index (χ0) is 14.2. The first-order chi connectivity index (χ1) is 10.3. The van der Waals surface area contributed by atoms with Gasteiger partial charge in [-0.25, -0.2) is 4.98 Å². The first kappa shape index (κ1) is 12.6. The van der Waals surface area contributed by atoms with Crippen molar-refractivity contribution in [3.05, 3.63) is 65.7 Å². The van der Waals surface area contributed by atoms with E-state index in [2.05, 4.69) is 40.6 Å². The van der Waals surface area contributed by atoms with Crippen LogP contribution in [-0.4, -0.2) is 4.98 Å². The quantitative estimate of drug-likeness (QED) is 0.502. The molecular formula is C17H11ClN2S. The first-order valence-corrected chi connectivity index (χ1v) is 7.80. The van der Waals surface area contributed by atoms with E-state index in [4.69, 9.17) is 11.6 Å². The number of fused-ring (bicyclic) bond motifs is 2. The van der Waals surface area contributed by atoms with Crippen LogP contribution in [0.15, 0.2) is 60.7 Å². The van der Waals surface area contributed by atoms with Gasteiger partial charge in [-0.3, -0.25) is 0 Å². The van der Waals surface area contributed by atoms with Crippen molar-refractivity contribution < 1.29 is 0 Å². The molecule has 0 bridgehead atoms. The van der Waals surface area contributed by atoms with E-state index in [1.54, 1.807) is 11.3 Å². The van der Waals surface area contributed by atoms with Gasteiger partial charge in [0.25, 0.3) is 0 Å². The molecule has 0 amide bonds. The van der Waals surface area contributed by atoms with Crippen molar-refractivity contribution in [2.24, 2.45) is 0 Å². The number of hydrogen-bond acceptors (Lipinski definition) is 3. The second kappa shape index (κ2) is 5.02. The molecule has 0 radical (unpaired) electrons. The number of hydrogen-bond donors (Lipinski definition) is 1. The summed E-state index contributed by atoms with van der Waals surface area (Å²) in [5.74, 6) is 0. The van der Waals surface area contributed by atoms with Crippen molar-refractivity contribution in [3.63, 3.8) is 0 Å². The van der Waals surface area contributed by atoms with Crippen LogP contribution in [0.3, 0.4) is 0 Å². The highest BCUT2D eigenvalue weighted by Crippen LogP contribution is 2.32. The van der Waals surface area contributed by atoms with Gasteiger partial charge in [0.15, 0.2) is 5.13 Å². The molecule has 2 nitrogen and oxygen atoms in total. The molecule has 4 heteroatoms. The van der Waals surface area contributed by atoms with E-state index in [9.17, 15) is 0 Å². The highest BCUT2D eigenvalue weighted by molar-refractivity contribution is 7.22. The van der Waals surface area contributed by atoms with Crippen LogP contribution < -0.4 is 5.32 Å². The predicted molar refractivity (Wildman–Crippen MR) is 91.9 cm³/mol. The lowest BCUT2D eigenvalue weighted by Gasteiger charge is -2.06. The molecule has 0 fully saturated rings. The van der Waals surface area contributed by atoms with Gasteiger partial charge in [0.2, 0.25) is 0 Å². The summed E-state index contributed by atoms with van der Waals surface area (Å²) < 4.78 is 1.13. The summed E-state index contributed by atoms with van der Waals surface area (Å²) in [7, 11) is 0. The summed E-state index contributed by atoms with van der Waals surface area (Å²) in [5, 5.41) is 7.42. The third-order valence-electron chi connectivity index (χ3n) is 3.38. The molecule has 3 aromatic carbocycles. The molecular weight excluding hydrogens is 300 g/mol. The minimum absolute atomic E-state index is 0.713. The van der Waals surface area contributed by atoms with E-state index in [0.29, 0.717) is 5.02 Å².